The summed E-state index contributed by atoms with van der Waals surface area (Å²) in [7, 11) is 1.33. The zero-order chi connectivity index (χ0) is 16.2. The molecule has 0 spiro atoms. The summed E-state index contributed by atoms with van der Waals surface area (Å²) in [6.07, 6.45) is -1.22. The van der Waals surface area contributed by atoms with Gasteiger partial charge in [-0.05, 0) is 37.0 Å². The van der Waals surface area contributed by atoms with E-state index in [9.17, 15) is 13.2 Å². The van der Waals surface area contributed by atoms with E-state index in [1.165, 1.54) is 19.2 Å². The van der Waals surface area contributed by atoms with Crippen LogP contribution in [0.4, 0.5) is 13.2 Å². The van der Waals surface area contributed by atoms with Crippen molar-refractivity contribution >= 4 is 29.9 Å². The summed E-state index contributed by atoms with van der Waals surface area (Å²) in [5.74, 6) is 0.479. The van der Waals surface area contributed by atoms with Gasteiger partial charge in [0.1, 0.15) is 5.75 Å². The number of rotatable bonds is 3. The number of halogens is 4. The van der Waals surface area contributed by atoms with Gasteiger partial charge in [-0.2, -0.15) is 13.2 Å². The third-order valence-electron chi connectivity index (χ3n) is 3.71. The molecule has 0 aliphatic carbocycles. The maximum Gasteiger partial charge on any atom is 0.416 e. The van der Waals surface area contributed by atoms with Crippen molar-refractivity contribution in [3.63, 3.8) is 0 Å². The molecular formula is C15H21F3IN3O. The van der Waals surface area contributed by atoms with Gasteiger partial charge in [0, 0.05) is 13.1 Å². The van der Waals surface area contributed by atoms with E-state index in [1.54, 1.807) is 0 Å². The van der Waals surface area contributed by atoms with Crippen LogP contribution in [0.3, 0.4) is 0 Å². The summed E-state index contributed by atoms with van der Waals surface area (Å²) < 4.78 is 44.2. The average molecular weight is 443 g/mol. The number of piperidine rings is 1. The zero-order valence-corrected chi connectivity index (χ0v) is 15.2. The molecule has 0 atom stereocenters. The highest BCUT2D eigenvalue weighted by Gasteiger charge is 2.33. The summed E-state index contributed by atoms with van der Waals surface area (Å²) in [6.45, 7) is 1.52. The van der Waals surface area contributed by atoms with E-state index in [4.69, 9.17) is 10.5 Å². The van der Waals surface area contributed by atoms with Crippen LogP contribution < -0.4 is 10.5 Å². The number of aliphatic imine (C=N–C) groups is 1. The standard InChI is InChI=1S/C15H20F3N3O.HI/c1-22-12-6-5-11(13(9-12)15(16,17)18)10-20-14(19)21-7-3-2-4-8-21;/h5-6,9H,2-4,7-8,10H2,1H3,(H2,19,20);1H. The third kappa shape index (κ3) is 5.43. The van der Waals surface area contributed by atoms with Gasteiger partial charge in [0.25, 0.3) is 0 Å². The summed E-state index contributed by atoms with van der Waals surface area (Å²) in [4.78, 5) is 6.04. The molecule has 0 saturated carbocycles. The monoisotopic (exact) mass is 443 g/mol. The van der Waals surface area contributed by atoms with Gasteiger partial charge in [0.15, 0.2) is 5.96 Å². The Balaban J connectivity index is 0.00000264. The number of hydrogen-bond acceptors (Lipinski definition) is 2. The quantitative estimate of drug-likeness (QED) is 0.441. The van der Waals surface area contributed by atoms with Crippen molar-refractivity contribution in [2.24, 2.45) is 10.7 Å². The molecule has 1 fully saturated rings. The van der Waals surface area contributed by atoms with Crippen LogP contribution in [0, 0.1) is 0 Å². The van der Waals surface area contributed by atoms with Crippen molar-refractivity contribution in [1.82, 2.24) is 4.90 Å². The molecule has 2 N–H and O–H groups in total. The molecular weight excluding hydrogens is 422 g/mol. The SMILES string of the molecule is COc1ccc(CN=C(N)N2CCCCC2)c(C(F)(F)F)c1.I. The van der Waals surface area contributed by atoms with Crippen molar-refractivity contribution in [1.29, 1.82) is 0 Å². The lowest BCUT2D eigenvalue weighted by Gasteiger charge is -2.27. The van der Waals surface area contributed by atoms with Gasteiger partial charge in [0.05, 0.1) is 19.2 Å². The minimum Gasteiger partial charge on any atom is -0.497 e. The molecule has 23 heavy (non-hydrogen) atoms. The van der Waals surface area contributed by atoms with Crippen LogP contribution in [-0.2, 0) is 12.7 Å². The molecule has 0 unspecified atom stereocenters. The smallest absolute Gasteiger partial charge is 0.416 e. The van der Waals surface area contributed by atoms with E-state index in [0.717, 1.165) is 38.4 Å². The Morgan fingerprint density at radius 2 is 1.91 bits per heavy atom. The summed E-state index contributed by atoms with van der Waals surface area (Å²) in [5, 5.41) is 0. The normalized spacial score (nSPS) is 16.0. The second-order valence-electron chi connectivity index (χ2n) is 5.24. The van der Waals surface area contributed by atoms with Crippen molar-refractivity contribution in [3.8, 4) is 5.75 Å². The van der Waals surface area contributed by atoms with Crippen molar-refractivity contribution in [2.75, 3.05) is 20.2 Å². The lowest BCUT2D eigenvalue weighted by molar-refractivity contribution is -0.138. The van der Waals surface area contributed by atoms with Gasteiger partial charge >= 0.3 is 6.18 Å². The van der Waals surface area contributed by atoms with Gasteiger partial charge in [0.2, 0.25) is 0 Å². The van der Waals surface area contributed by atoms with Gasteiger partial charge in [-0.1, -0.05) is 6.07 Å². The average Bonchev–Trinajstić information content (AvgIpc) is 2.52. The highest BCUT2D eigenvalue weighted by atomic mass is 127. The molecule has 1 saturated heterocycles. The maximum atomic E-state index is 13.1. The number of likely N-dealkylation sites (tertiary alicyclic amines) is 1. The van der Waals surface area contributed by atoms with E-state index in [0.29, 0.717) is 5.96 Å². The number of alkyl halides is 3. The van der Waals surface area contributed by atoms with Gasteiger partial charge < -0.3 is 15.4 Å². The van der Waals surface area contributed by atoms with Crippen molar-refractivity contribution in [2.45, 2.75) is 32.0 Å². The first-order valence-corrected chi connectivity index (χ1v) is 7.21. The van der Waals surface area contributed by atoms with Crippen LogP contribution in [0.25, 0.3) is 0 Å². The minimum atomic E-state index is -4.45. The van der Waals surface area contributed by atoms with E-state index in [1.807, 2.05) is 4.90 Å². The van der Waals surface area contributed by atoms with Crippen LogP contribution in [-0.4, -0.2) is 31.1 Å². The Hall–Kier alpha value is -1.19. The number of hydrogen-bond donors (Lipinski definition) is 1. The number of guanidine groups is 1. The van der Waals surface area contributed by atoms with Gasteiger partial charge in [-0.3, -0.25) is 0 Å². The van der Waals surface area contributed by atoms with Crippen LogP contribution in [0.2, 0.25) is 0 Å². The number of nitrogens with two attached hydrogens (primary N) is 1. The molecule has 1 aromatic rings. The fraction of sp³-hybridized carbons (Fsp3) is 0.533. The first kappa shape index (κ1) is 19.9. The summed E-state index contributed by atoms with van der Waals surface area (Å²) >= 11 is 0. The Labute approximate surface area is 150 Å². The van der Waals surface area contributed by atoms with Crippen LogP contribution in [0.1, 0.15) is 30.4 Å². The molecule has 0 radical (unpaired) electrons. The fourth-order valence-corrected chi connectivity index (χ4v) is 2.47. The molecule has 1 aliphatic rings. The van der Waals surface area contributed by atoms with Crippen LogP contribution in [0.5, 0.6) is 5.75 Å². The number of benzene rings is 1. The predicted molar refractivity (Wildman–Crippen MR) is 94.2 cm³/mol. The molecule has 1 aromatic carbocycles. The lowest BCUT2D eigenvalue weighted by Crippen LogP contribution is -2.40. The highest BCUT2D eigenvalue weighted by molar-refractivity contribution is 14.0. The Morgan fingerprint density at radius 3 is 2.48 bits per heavy atom. The third-order valence-corrected chi connectivity index (χ3v) is 3.71. The number of nitrogens with zero attached hydrogens (tertiary/aromatic N) is 2. The fourth-order valence-electron chi connectivity index (χ4n) is 2.47. The molecule has 130 valence electrons. The molecule has 2 rings (SSSR count). The van der Waals surface area contributed by atoms with E-state index >= 15 is 0 Å². The topological polar surface area (TPSA) is 50.9 Å². The maximum absolute atomic E-state index is 13.1. The Bertz CT molecular complexity index is 543. The van der Waals surface area contributed by atoms with E-state index < -0.39 is 11.7 Å². The first-order chi connectivity index (χ1) is 10.4. The number of ether oxygens (including phenoxy) is 1. The first-order valence-electron chi connectivity index (χ1n) is 7.21. The van der Waals surface area contributed by atoms with Crippen LogP contribution in [0.15, 0.2) is 23.2 Å². The van der Waals surface area contributed by atoms with Crippen molar-refractivity contribution < 1.29 is 17.9 Å². The zero-order valence-electron chi connectivity index (χ0n) is 12.9. The molecule has 1 heterocycles. The molecule has 4 nitrogen and oxygen atoms in total. The molecule has 0 bridgehead atoms. The Morgan fingerprint density at radius 1 is 1.26 bits per heavy atom. The lowest BCUT2D eigenvalue weighted by atomic mass is 10.1. The molecule has 0 amide bonds. The highest BCUT2D eigenvalue weighted by Crippen LogP contribution is 2.34. The van der Waals surface area contributed by atoms with E-state index in [2.05, 4.69) is 4.99 Å². The molecule has 8 heteroatoms. The van der Waals surface area contributed by atoms with Gasteiger partial charge in [-0.25, -0.2) is 4.99 Å². The predicted octanol–water partition coefficient (Wildman–Crippen LogP) is 3.63. The number of methoxy groups -OCH3 is 1. The molecule has 0 aromatic heterocycles. The summed E-state index contributed by atoms with van der Waals surface area (Å²) in [6, 6.07) is 3.87. The largest absolute Gasteiger partial charge is 0.497 e. The van der Waals surface area contributed by atoms with Gasteiger partial charge in [-0.15, -0.1) is 24.0 Å². The Kier molecular flexibility index (Phi) is 7.43. The molecule has 1 aliphatic heterocycles. The minimum absolute atomic E-state index is 0. The summed E-state index contributed by atoms with van der Waals surface area (Å²) in [5.41, 5.74) is 5.24. The van der Waals surface area contributed by atoms with Crippen molar-refractivity contribution in [3.05, 3.63) is 29.3 Å². The van der Waals surface area contributed by atoms with Crippen LogP contribution >= 0.6 is 24.0 Å². The second-order valence-corrected chi connectivity index (χ2v) is 5.24. The second kappa shape index (κ2) is 8.60. The van der Waals surface area contributed by atoms with E-state index in [-0.39, 0.29) is 41.8 Å².